The van der Waals surface area contributed by atoms with Crippen LogP contribution in [0, 0.1) is 0 Å². The third-order valence-corrected chi connectivity index (χ3v) is 4.51. The molecule has 0 saturated heterocycles. The first-order valence-electron chi connectivity index (χ1n) is 8.57. The molecular weight excluding hydrogens is 326 g/mol. The highest BCUT2D eigenvalue weighted by molar-refractivity contribution is 5.83. The van der Waals surface area contributed by atoms with E-state index in [1.807, 2.05) is 66.5 Å². The van der Waals surface area contributed by atoms with Crippen LogP contribution in [0.3, 0.4) is 0 Å². The zero-order valence-corrected chi connectivity index (χ0v) is 14.8. The molecular formula is C21H21N3O2. The predicted octanol–water partition coefficient (Wildman–Crippen LogP) is 4.05. The third-order valence-electron chi connectivity index (χ3n) is 4.51. The second-order valence-electron chi connectivity index (χ2n) is 6.21. The lowest BCUT2D eigenvalue weighted by molar-refractivity contribution is 0.405. The number of para-hydroxylation sites is 1. The number of nitrogens with zero attached hydrogens (tertiary/aromatic N) is 2. The van der Waals surface area contributed by atoms with Crippen LogP contribution in [0.4, 0.5) is 0 Å². The van der Waals surface area contributed by atoms with Gasteiger partial charge in [-0.05, 0) is 17.7 Å². The maximum Gasteiger partial charge on any atom is 0.176 e. The van der Waals surface area contributed by atoms with Gasteiger partial charge < -0.3 is 13.7 Å². The Hall–Kier alpha value is -3.05. The topological polar surface area (TPSA) is 52.2 Å². The van der Waals surface area contributed by atoms with E-state index in [0.29, 0.717) is 6.54 Å². The highest BCUT2D eigenvalue weighted by Crippen LogP contribution is 2.29. The Labute approximate surface area is 152 Å². The number of ether oxygens (including phenoxy) is 1. The van der Waals surface area contributed by atoms with Gasteiger partial charge >= 0.3 is 0 Å². The molecule has 1 N–H and O–H groups in total. The quantitative estimate of drug-likeness (QED) is 0.572. The molecule has 132 valence electrons. The van der Waals surface area contributed by atoms with Crippen molar-refractivity contribution >= 4 is 11.0 Å². The number of furan rings is 1. The van der Waals surface area contributed by atoms with E-state index in [-0.39, 0.29) is 6.04 Å². The molecule has 0 amide bonds. The summed E-state index contributed by atoms with van der Waals surface area (Å²) in [4.78, 5) is 4.52. The predicted molar refractivity (Wildman–Crippen MR) is 101 cm³/mol. The molecule has 4 aromatic rings. The van der Waals surface area contributed by atoms with Crippen LogP contribution in [-0.4, -0.2) is 16.7 Å². The summed E-state index contributed by atoms with van der Waals surface area (Å²) < 4.78 is 13.4. The molecule has 0 radical (unpaired) electrons. The number of hydrogen-bond acceptors (Lipinski definition) is 4. The molecule has 2 aromatic heterocycles. The van der Waals surface area contributed by atoms with Crippen molar-refractivity contribution in [3.8, 4) is 5.75 Å². The summed E-state index contributed by atoms with van der Waals surface area (Å²) in [6.45, 7) is 0.588. The maximum atomic E-state index is 6.01. The van der Waals surface area contributed by atoms with Crippen molar-refractivity contribution < 1.29 is 9.15 Å². The maximum absolute atomic E-state index is 6.01. The number of hydrogen-bond donors (Lipinski definition) is 1. The van der Waals surface area contributed by atoms with Gasteiger partial charge in [-0.15, -0.1) is 0 Å². The van der Waals surface area contributed by atoms with Crippen LogP contribution in [0.15, 0.2) is 71.4 Å². The number of imidazole rings is 1. The first-order chi connectivity index (χ1) is 12.8. The zero-order valence-electron chi connectivity index (χ0n) is 14.8. The van der Waals surface area contributed by atoms with E-state index in [2.05, 4.69) is 22.4 Å². The first kappa shape index (κ1) is 16.4. The molecule has 5 nitrogen and oxygen atoms in total. The summed E-state index contributed by atoms with van der Waals surface area (Å²) in [7, 11) is 3.66. The monoisotopic (exact) mass is 347 g/mol. The summed E-state index contributed by atoms with van der Waals surface area (Å²) in [6, 6.07) is 18.2. The molecule has 0 saturated carbocycles. The molecule has 1 atom stereocenters. The summed E-state index contributed by atoms with van der Waals surface area (Å²) in [5.41, 5.74) is 1.94. The van der Waals surface area contributed by atoms with Gasteiger partial charge in [0.1, 0.15) is 11.6 Å². The minimum atomic E-state index is -0.0219. The summed E-state index contributed by atoms with van der Waals surface area (Å²) >= 11 is 0. The number of rotatable bonds is 6. The van der Waals surface area contributed by atoms with Gasteiger partial charge in [0.25, 0.3) is 0 Å². The van der Waals surface area contributed by atoms with Gasteiger partial charge in [0.05, 0.1) is 19.7 Å². The number of aryl methyl sites for hydroxylation is 1. The lowest BCUT2D eigenvalue weighted by Gasteiger charge is -2.18. The van der Waals surface area contributed by atoms with Crippen molar-refractivity contribution in [2.24, 2.45) is 7.05 Å². The largest absolute Gasteiger partial charge is 0.493 e. The average molecular weight is 347 g/mol. The van der Waals surface area contributed by atoms with E-state index in [1.54, 1.807) is 7.11 Å². The molecule has 0 aliphatic rings. The van der Waals surface area contributed by atoms with E-state index in [0.717, 1.165) is 33.9 Å². The Bertz CT molecular complexity index is 1000. The number of methoxy groups -OCH3 is 1. The normalized spacial score (nSPS) is 12.4. The highest BCUT2D eigenvalue weighted by Gasteiger charge is 2.18. The number of aromatic nitrogens is 2. The lowest BCUT2D eigenvalue weighted by Crippen LogP contribution is -2.24. The van der Waals surface area contributed by atoms with Crippen molar-refractivity contribution in [2.45, 2.75) is 12.6 Å². The van der Waals surface area contributed by atoms with Gasteiger partial charge in [0.15, 0.2) is 11.3 Å². The van der Waals surface area contributed by atoms with Crippen molar-refractivity contribution in [2.75, 3.05) is 7.11 Å². The van der Waals surface area contributed by atoms with Gasteiger partial charge in [0, 0.05) is 24.8 Å². The Kier molecular flexibility index (Phi) is 4.46. The van der Waals surface area contributed by atoms with Gasteiger partial charge in [-0.3, -0.25) is 5.32 Å². The minimum absolute atomic E-state index is 0.0219. The zero-order chi connectivity index (χ0) is 17.9. The van der Waals surface area contributed by atoms with Gasteiger partial charge in [-0.25, -0.2) is 4.98 Å². The van der Waals surface area contributed by atoms with E-state index in [1.165, 1.54) is 0 Å². The lowest BCUT2D eigenvalue weighted by atomic mass is 10.1. The van der Waals surface area contributed by atoms with Crippen molar-refractivity contribution in [3.63, 3.8) is 0 Å². The Balaban J connectivity index is 1.62. The molecule has 0 fully saturated rings. The van der Waals surface area contributed by atoms with Gasteiger partial charge in [-0.2, -0.15) is 0 Å². The van der Waals surface area contributed by atoms with Crippen LogP contribution < -0.4 is 10.1 Å². The van der Waals surface area contributed by atoms with Crippen LogP contribution in [0.25, 0.3) is 11.0 Å². The molecule has 0 unspecified atom stereocenters. The van der Waals surface area contributed by atoms with Gasteiger partial charge in [0.2, 0.25) is 0 Å². The Morgan fingerprint density at radius 2 is 2.00 bits per heavy atom. The fourth-order valence-electron chi connectivity index (χ4n) is 3.20. The molecule has 4 rings (SSSR count). The molecule has 0 aliphatic heterocycles. The smallest absolute Gasteiger partial charge is 0.176 e. The molecule has 2 heterocycles. The molecule has 0 spiro atoms. The van der Waals surface area contributed by atoms with Crippen molar-refractivity contribution in [1.29, 1.82) is 0 Å². The first-order valence-corrected chi connectivity index (χ1v) is 8.57. The second-order valence-corrected chi connectivity index (χ2v) is 6.21. The SMILES string of the molecule is COc1cccc2cc(CN[C@@H](c3ccccc3)c3nccn3C)oc12. The van der Waals surface area contributed by atoms with Crippen LogP contribution in [-0.2, 0) is 13.6 Å². The standard InChI is InChI=1S/C21H21N3O2/c1-24-12-11-22-21(24)19(15-7-4-3-5-8-15)23-14-17-13-16-9-6-10-18(25-2)20(16)26-17/h3-13,19,23H,14H2,1-2H3/t19-/m0/s1. The summed E-state index contributed by atoms with van der Waals surface area (Å²) in [5.74, 6) is 2.57. The van der Waals surface area contributed by atoms with Gasteiger partial charge in [-0.1, -0.05) is 42.5 Å². The minimum Gasteiger partial charge on any atom is -0.493 e. The highest BCUT2D eigenvalue weighted by atomic mass is 16.5. The molecule has 5 heteroatoms. The van der Waals surface area contributed by atoms with Crippen LogP contribution >= 0.6 is 0 Å². The van der Waals surface area contributed by atoms with Crippen molar-refractivity contribution in [1.82, 2.24) is 14.9 Å². The van der Waals surface area contributed by atoms with E-state index in [4.69, 9.17) is 9.15 Å². The fourth-order valence-corrected chi connectivity index (χ4v) is 3.20. The van der Waals surface area contributed by atoms with E-state index < -0.39 is 0 Å². The molecule has 0 aliphatic carbocycles. The summed E-state index contributed by atoms with van der Waals surface area (Å²) in [5, 5.41) is 4.61. The second kappa shape index (κ2) is 7.06. The van der Waals surface area contributed by atoms with Crippen molar-refractivity contribution in [3.05, 3.63) is 84.1 Å². The van der Waals surface area contributed by atoms with Crippen LogP contribution in [0.5, 0.6) is 5.75 Å². The Morgan fingerprint density at radius 3 is 2.73 bits per heavy atom. The average Bonchev–Trinajstić information content (AvgIpc) is 3.28. The summed E-state index contributed by atoms with van der Waals surface area (Å²) in [6.07, 6.45) is 3.78. The number of benzene rings is 2. The van der Waals surface area contributed by atoms with E-state index >= 15 is 0 Å². The van der Waals surface area contributed by atoms with Crippen LogP contribution in [0.1, 0.15) is 23.2 Å². The Morgan fingerprint density at radius 1 is 1.15 bits per heavy atom. The molecule has 2 aromatic carbocycles. The number of fused-ring (bicyclic) bond motifs is 1. The molecule has 26 heavy (non-hydrogen) atoms. The van der Waals surface area contributed by atoms with Crippen LogP contribution in [0.2, 0.25) is 0 Å². The third kappa shape index (κ3) is 3.09. The molecule has 0 bridgehead atoms. The number of nitrogens with one attached hydrogen (secondary N) is 1. The fraction of sp³-hybridized carbons (Fsp3) is 0.190. The van der Waals surface area contributed by atoms with E-state index in [9.17, 15) is 0 Å².